The number of aromatic nitrogens is 4. The highest BCUT2D eigenvalue weighted by atomic mass is 16.6. The molecule has 1 amide bonds. The Morgan fingerprint density at radius 3 is 2.57 bits per heavy atom. The van der Waals surface area contributed by atoms with Gasteiger partial charge in [-0.1, -0.05) is 24.2 Å². The first-order valence-corrected chi connectivity index (χ1v) is 12.2. The van der Waals surface area contributed by atoms with Crippen LogP contribution in [0.4, 0.5) is 10.8 Å². The van der Waals surface area contributed by atoms with Crippen molar-refractivity contribution in [3.8, 4) is 11.4 Å². The number of carbonyl (C=O) groups is 2. The Kier molecular flexibility index (Phi) is 7.09. The van der Waals surface area contributed by atoms with Gasteiger partial charge in [0.25, 0.3) is 0 Å². The second-order valence-corrected chi connectivity index (χ2v) is 10.0. The molecule has 0 radical (unpaired) electrons. The predicted octanol–water partition coefficient (Wildman–Crippen LogP) is 4.46. The summed E-state index contributed by atoms with van der Waals surface area (Å²) in [6.45, 7) is 11.5. The fourth-order valence-electron chi connectivity index (χ4n) is 4.21. The zero-order valence-corrected chi connectivity index (χ0v) is 21.2. The Hall–Kier alpha value is -3.43. The van der Waals surface area contributed by atoms with Gasteiger partial charge in [-0.05, 0) is 46.6 Å². The van der Waals surface area contributed by atoms with E-state index in [1.807, 2.05) is 54.7 Å². The van der Waals surface area contributed by atoms with Crippen LogP contribution in [0, 0.1) is 0 Å². The molecule has 0 aliphatic carbocycles. The first-order valence-electron chi connectivity index (χ1n) is 12.2. The Morgan fingerprint density at radius 1 is 1.17 bits per heavy atom. The average Bonchev–Trinajstić information content (AvgIpc) is 3.46. The largest absolute Gasteiger partial charge is 0.444 e. The SMILES string of the molecule is CCC(CCC(C)=O)n1ncc2ccc(-c3noc(N4CCN(C(=O)OC(C)(C)C)CC4)n3)cc21. The van der Waals surface area contributed by atoms with E-state index in [0.717, 1.165) is 29.3 Å². The monoisotopic (exact) mass is 482 g/mol. The first kappa shape index (κ1) is 24.7. The summed E-state index contributed by atoms with van der Waals surface area (Å²) in [4.78, 5) is 32.1. The van der Waals surface area contributed by atoms with E-state index >= 15 is 0 Å². The van der Waals surface area contributed by atoms with Gasteiger partial charge in [0.2, 0.25) is 5.82 Å². The number of piperazine rings is 1. The highest BCUT2D eigenvalue weighted by Gasteiger charge is 2.28. The van der Waals surface area contributed by atoms with Crippen LogP contribution in [0.15, 0.2) is 28.9 Å². The quantitative estimate of drug-likeness (QED) is 0.486. The van der Waals surface area contributed by atoms with E-state index in [4.69, 9.17) is 9.26 Å². The molecule has 1 aliphatic heterocycles. The lowest BCUT2D eigenvalue weighted by Gasteiger charge is -2.34. The van der Waals surface area contributed by atoms with Crippen molar-refractivity contribution in [2.24, 2.45) is 0 Å². The van der Waals surface area contributed by atoms with Gasteiger partial charge >= 0.3 is 12.1 Å². The zero-order valence-electron chi connectivity index (χ0n) is 21.2. The van der Waals surface area contributed by atoms with Crippen molar-refractivity contribution in [2.45, 2.75) is 65.5 Å². The van der Waals surface area contributed by atoms with Gasteiger partial charge in [-0.25, -0.2) is 4.79 Å². The minimum Gasteiger partial charge on any atom is -0.444 e. The Morgan fingerprint density at radius 2 is 1.91 bits per heavy atom. The van der Waals surface area contributed by atoms with Gasteiger partial charge in [-0.3, -0.25) is 4.68 Å². The smallest absolute Gasteiger partial charge is 0.410 e. The normalized spacial score (nSPS) is 15.5. The molecule has 1 saturated heterocycles. The van der Waals surface area contributed by atoms with Gasteiger partial charge in [0.15, 0.2) is 0 Å². The minimum absolute atomic E-state index is 0.147. The lowest BCUT2D eigenvalue weighted by Crippen LogP contribution is -2.50. The van der Waals surface area contributed by atoms with Gasteiger partial charge in [-0.15, -0.1) is 0 Å². The Bertz CT molecular complexity index is 1190. The van der Waals surface area contributed by atoms with E-state index in [1.165, 1.54) is 0 Å². The van der Waals surface area contributed by atoms with E-state index in [0.29, 0.717) is 44.4 Å². The van der Waals surface area contributed by atoms with Crippen molar-refractivity contribution in [1.82, 2.24) is 24.8 Å². The van der Waals surface area contributed by atoms with Crippen molar-refractivity contribution in [3.63, 3.8) is 0 Å². The summed E-state index contributed by atoms with van der Waals surface area (Å²) in [5.74, 6) is 0.688. The summed E-state index contributed by atoms with van der Waals surface area (Å²) in [6.07, 6.45) is 3.72. The van der Waals surface area contributed by atoms with Crippen molar-refractivity contribution in [1.29, 1.82) is 0 Å². The highest BCUT2D eigenvalue weighted by Crippen LogP contribution is 2.28. The Balaban J connectivity index is 1.47. The number of Topliss-reactive ketones (excluding diaryl/α,β-unsaturated/α-hetero) is 1. The molecule has 1 unspecified atom stereocenters. The second-order valence-electron chi connectivity index (χ2n) is 10.0. The van der Waals surface area contributed by atoms with Crippen LogP contribution in [-0.2, 0) is 9.53 Å². The molecular formula is C25H34N6O4. The number of hydrogen-bond acceptors (Lipinski definition) is 8. The summed E-state index contributed by atoms with van der Waals surface area (Å²) in [7, 11) is 0. The summed E-state index contributed by atoms with van der Waals surface area (Å²) in [6, 6.07) is 6.56. The van der Waals surface area contributed by atoms with E-state index in [1.54, 1.807) is 11.8 Å². The number of ketones is 1. The molecule has 10 nitrogen and oxygen atoms in total. The molecule has 1 aromatic carbocycles. The predicted molar refractivity (Wildman–Crippen MR) is 132 cm³/mol. The number of nitrogens with zero attached hydrogens (tertiary/aromatic N) is 6. The number of rotatable bonds is 7. The van der Waals surface area contributed by atoms with E-state index in [2.05, 4.69) is 22.2 Å². The van der Waals surface area contributed by atoms with Crippen LogP contribution < -0.4 is 4.90 Å². The molecule has 1 atom stereocenters. The number of anilines is 1. The van der Waals surface area contributed by atoms with Gasteiger partial charge in [0.05, 0.1) is 17.8 Å². The van der Waals surface area contributed by atoms with Crippen LogP contribution in [-0.4, -0.2) is 68.5 Å². The molecule has 4 rings (SSSR count). The fraction of sp³-hybridized carbons (Fsp3) is 0.560. The molecule has 35 heavy (non-hydrogen) atoms. The number of amides is 1. The van der Waals surface area contributed by atoms with Crippen LogP contribution in [0.25, 0.3) is 22.3 Å². The molecular weight excluding hydrogens is 448 g/mol. The third kappa shape index (κ3) is 5.80. The van der Waals surface area contributed by atoms with Crippen LogP contribution in [0.2, 0.25) is 0 Å². The van der Waals surface area contributed by atoms with Gasteiger partial charge in [0, 0.05) is 43.5 Å². The van der Waals surface area contributed by atoms with E-state index in [-0.39, 0.29) is 17.9 Å². The average molecular weight is 483 g/mol. The summed E-state index contributed by atoms with van der Waals surface area (Å²) in [5, 5.41) is 9.82. The van der Waals surface area contributed by atoms with Crippen LogP contribution in [0.1, 0.15) is 59.9 Å². The lowest BCUT2D eigenvalue weighted by molar-refractivity contribution is -0.117. The molecule has 1 fully saturated rings. The standard InChI is InChI=1S/C25H34N6O4/c1-6-20(10-7-17(2)32)31-21-15-18(8-9-19(21)16-26-31)22-27-23(35-28-22)29-11-13-30(14-12-29)24(33)34-25(3,4)5/h8-9,15-16,20H,6-7,10-14H2,1-5H3. The number of ether oxygens (including phenoxy) is 1. The maximum Gasteiger partial charge on any atom is 0.410 e. The maximum atomic E-state index is 12.3. The number of benzene rings is 1. The number of fused-ring (bicyclic) bond motifs is 1. The molecule has 1 aliphatic rings. The second kappa shape index (κ2) is 10.1. The van der Waals surface area contributed by atoms with Crippen LogP contribution >= 0.6 is 0 Å². The molecule has 0 N–H and O–H groups in total. The highest BCUT2D eigenvalue weighted by molar-refractivity contribution is 5.83. The molecule has 0 saturated carbocycles. The van der Waals surface area contributed by atoms with Crippen molar-refractivity contribution in [2.75, 3.05) is 31.1 Å². The molecule has 0 bridgehead atoms. The van der Waals surface area contributed by atoms with E-state index in [9.17, 15) is 9.59 Å². The molecule has 3 aromatic rings. The fourth-order valence-corrected chi connectivity index (χ4v) is 4.21. The number of carbonyl (C=O) groups excluding carboxylic acids is 2. The van der Waals surface area contributed by atoms with Crippen molar-refractivity contribution >= 4 is 28.8 Å². The van der Waals surface area contributed by atoms with E-state index < -0.39 is 5.60 Å². The summed E-state index contributed by atoms with van der Waals surface area (Å²) < 4.78 is 13.0. The maximum absolute atomic E-state index is 12.3. The Labute approximate surface area is 205 Å². The van der Waals surface area contributed by atoms with Gasteiger partial charge in [-0.2, -0.15) is 10.1 Å². The molecule has 2 aromatic heterocycles. The van der Waals surface area contributed by atoms with Gasteiger partial charge in [0.1, 0.15) is 11.4 Å². The molecule has 188 valence electrons. The third-order valence-electron chi connectivity index (χ3n) is 6.12. The van der Waals surface area contributed by atoms with Crippen LogP contribution in [0.3, 0.4) is 0 Å². The first-order chi connectivity index (χ1) is 16.6. The summed E-state index contributed by atoms with van der Waals surface area (Å²) in [5.41, 5.74) is 1.30. The minimum atomic E-state index is -0.517. The van der Waals surface area contributed by atoms with Gasteiger partial charge < -0.3 is 23.9 Å². The molecule has 10 heteroatoms. The number of hydrogen-bond donors (Lipinski definition) is 0. The lowest BCUT2D eigenvalue weighted by atomic mass is 10.1. The third-order valence-corrected chi connectivity index (χ3v) is 6.12. The summed E-state index contributed by atoms with van der Waals surface area (Å²) >= 11 is 0. The zero-order chi connectivity index (χ0) is 25.2. The molecule has 3 heterocycles. The van der Waals surface area contributed by atoms with Crippen LogP contribution in [0.5, 0.6) is 0 Å². The van der Waals surface area contributed by atoms with Crippen molar-refractivity contribution < 1.29 is 18.8 Å². The van der Waals surface area contributed by atoms with Crippen molar-refractivity contribution in [3.05, 3.63) is 24.4 Å². The molecule has 0 spiro atoms. The topological polar surface area (TPSA) is 107 Å².